The molecule has 1 aromatic heterocycles. The molecule has 2 N–H and O–H groups in total. The van der Waals surface area contributed by atoms with E-state index in [2.05, 4.69) is 5.32 Å². The molecule has 0 unspecified atom stereocenters. The molecular formula is C21H24N4OS. The highest BCUT2D eigenvalue weighted by atomic mass is 32.1. The van der Waals surface area contributed by atoms with Crippen molar-refractivity contribution in [2.45, 2.75) is 27.7 Å². The smallest absolute Gasteiger partial charge is 0.223 e. The van der Waals surface area contributed by atoms with Gasteiger partial charge < -0.3 is 10.1 Å². The van der Waals surface area contributed by atoms with Crippen LogP contribution in [-0.4, -0.2) is 16.5 Å². The highest BCUT2D eigenvalue weighted by Gasteiger charge is 2.10. The van der Waals surface area contributed by atoms with Crippen LogP contribution in [0.4, 0.5) is 11.4 Å². The third kappa shape index (κ3) is 4.46. The van der Waals surface area contributed by atoms with Crippen LogP contribution in [0.3, 0.4) is 0 Å². The van der Waals surface area contributed by atoms with E-state index < -0.39 is 0 Å². The molecule has 0 amide bonds. The lowest BCUT2D eigenvalue weighted by Crippen LogP contribution is -2.28. The fraction of sp³-hybridized carbons (Fsp3) is 0.238. The van der Waals surface area contributed by atoms with Crippen molar-refractivity contribution in [1.29, 1.82) is 5.41 Å². The first-order valence-electron chi connectivity index (χ1n) is 8.87. The molecule has 140 valence electrons. The Morgan fingerprint density at radius 2 is 1.78 bits per heavy atom. The van der Waals surface area contributed by atoms with Gasteiger partial charge in [-0.05, 0) is 69.2 Å². The molecule has 0 bridgehead atoms. The first-order chi connectivity index (χ1) is 13.0. The van der Waals surface area contributed by atoms with Crippen LogP contribution in [0.25, 0.3) is 0 Å². The van der Waals surface area contributed by atoms with Crippen molar-refractivity contribution in [3.05, 3.63) is 70.0 Å². The molecular weight excluding hydrogens is 356 g/mol. The molecule has 2 aromatic carbocycles. The van der Waals surface area contributed by atoms with Gasteiger partial charge in [-0.2, -0.15) is 0 Å². The second kappa shape index (κ2) is 8.22. The van der Waals surface area contributed by atoms with Crippen LogP contribution in [0.2, 0.25) is 0 Å². The maximum Gasteiger partial charge on any atom is 0.223 e. The van der Waals surface area contributed by atoms with Crippen molar-refractivity contribution in [3.63, 3.8) is 0 Å². The predicted octanol–water partition coefficient (Wildman–Crippen LogP) is 5.00. The van der Waals surface area contributed by atoms with Gasteiger partial charge in [0, 0.05) is 10.6 Å². The minimum Gasteiger partial charge on any atom is -0.494 e. The van der Waals surface area contributed by atoms with E-state index in [0.29, 0.717) is 18.1 Å². The molecule has 0 atom stereocenters. The zero-order valence-electron chi connectivity index (χ0n) is 16.0. The number of aliphatic imine (C=N–C) groups is 1. The van der Waals surface area contributed by atoms with Crippen LogP contribution in [0, 0.1) is 26.2 Å². The quantitative estimate of drug-likeness (QED) is 0.494. The summed E-state index contributed by atoms with van der Waals surface area (Å²) in [5.41, 5.74) is 4.41. The Bertz CT molecular complexity index is 995. The SMILES string of the molecule is CCOc1ccc(NC(=Nc2c(C)cccc2C)n2sc(C)cc2=N)cc1. The zero-order valence-corrected chi connectivity index (χ0v) is 16.9. The van der Waals surface area contributed by atoms with Crippen molar-refractivity contribution in [2.75, 3.05) is 11.9 Å². The Labute approximate surface area is 163 Å². The van der Waals surface area contributed by atoms with Crippen molar-refractivity contribution in [2.24, 2.45) is 4.99 Å². The Balaban J connectivity index is 2.04. The maximum atomic E-state index is 8.28. The molecule has 0 saturated heterocycles. The Kier molecular flexibility index (Phi) is 5.76. The number of aryl methyl sites for hydroxylation is 3. The fourth-order valence-electron chi connectivity index (χ4n) is 2.77. The summed E-state index contributed by atoms with van der Waals surface area (Å²) in [4.78, 5) is 5.94. The van der Waals surface area contributed by atoms with Gasteiger partial charge in [-0.1, -0.05) is 29.7 Å². The monoisotopic (exact) mass is 380 g/mol. The summed E-state index contributed by atoms with van der Waals surface area (Å²) in [5.74, 6) is 1.44. The Morgan fingerprint density at radius 3 is 2.33 bits per heavy atom. The van der Waals surface area contributed by atoms with Crippen molar-refractivity contribution in [3.8, 4) is 5.75 Å². The number of nitrogens with one attached hydrogen (secondary N) is 2. The highest BCUT2D eigenvalue weighted by molar-refractivity contribution is 7.07. The average Bonchev–Trinajstić information content (AvgIpc) is 2.97. The maximum absolute atomic E-state index is 8.28. The van der Waals surface area contributed by atoms with E-state index in [1.54, 1.807) is 3.96 Å². The zero-order chi connectivity index (χ0) is 19.4. The molecule has 0 aliphatic carbocycles. The van der Waals surface area contributed by atoms with Gasteiger partial charge in [-0.3, -0.25) is 5.41 Å². The number of rotatable bonds is 4. The van der Waals surface area contributed by atoms with Gasteiger partial charge in [0.1, 0.15) is 11.2 Å². The van der Waals surface area contributed by atoms with Gasteiger partial charge in [-0.25, -0.2) is 8.95 Å². The van der Waals surface area contributed by atoms with Crippen LogP contribution in [0.15, 0.2) is 53.5 Å². The average molecular weight is 381 g/mol. The lowest BCUT2D eigenvalue weighted by molar-refractivity contribution is 0.340. The topological polar surface area (TPSA) is 62.4 Å². The summed E-state index contributed by atoms with van der Waals surface area (Å²) in [6.07, 6.45) is 0. The standard InChI is InChI=1S/C21H24N4OS/c1-5-26-18-11-9-17(10-12-18)23-21(25-19(22)13-16(4)27-25)24-20-14(2)7-6-8-15(20)3/h6-13,22H,5H2,1-4H3,(H,23,24). The van der Waals surface area contributed by atoms with Gasteiger partial charge in [0.25, 0.3) is 0 Å². The lowest BCUT2D eigenvalue weighted by Gasteiger charge is -2.13. The minimum absolute atomic E-state index is 0.404. The van der Waals surface area contributed by atoms with Crippen LogP contribution in [-0.2, 0) is 0 Å². The largest absolute Gasteiger partial charge is 0.494 e. The molecule has 5 nitrogen and oxygen atoms in total. The second-order valence-corrected chi connectivity index (χ2v) is 7.48. The molecule has 0 radical (unpaired) electrons. The number of hydrogen-bond donors (Lipinski definition) is 2. The number of nitrogens with zero attached hydrogens (tertiary/aromatic N) is 2. The van der Waals surface area contributed by atoms with E-state index in [1.165, 1.54) is 11.5 Å². The molecule has 3 aromatic rings. The third-order valence-electron chi connectivity index (χ3n) is 4.07. The van der Waals surface area contributed by atoms with Crippen molar-refractivity contribution in [1.82, 2.24) is 3.96 Å². The summed E-state index contributed by atoms with van der Waals surface area (Å²) >= 11 is 1.50. The molecule has 0 spiro atoms. The van der Waals surface area contributed by atoms with Gasteiger partial charge in [0.05, 0.1) is 12.3 Å². The summed E-state index contributed by atoms with van der Waals surface area (Å²) in [7, 11) is 0. The van der Waals surface area contributed by atoms with E-state index in [0.717, 1.165) is 33.1 Å². The van der Waals surface area contributed by atoms with Crippen molar-refractivity contribution >= 4 is 28.9 Å². The number of para-hydroxylation sites is 1. The van der Waals surface area contributed by atoms with E-state index in [-0.39, 0.29) is 0 Å². The molecule has 0 saturated carbocycles. The Hall–Kier alpha value is -2.86. The normalized spacial score (nSPS) is 11.5. The van der Waals surface area contributed by atoms with Crippen LogP contribution < -0.4 is 15.5 Å². The van der Waals surface area contributed by atoms with Crippen LogP contribution >= 0.6 is 11.5 Å². The molecule has 6 heteroatoms. The molecule has 27 heavy (non-hydrogen) atoms. The Morgan fingerprint density at radius 1 is 1.11 bits per heavy atom. The number of hydrogen-bond acceptors (Lipinski definition) is 4. The van der Waals surface area contributed by atoms with Gasteiger partial charge in [0.2, 0.25) is 5.96 Å². The number of aromatic nitrogens is 1. The summed E-state index contributed by atoms with van der Waals surface area (Å²) < 4.78 is 7.31. The molecule has 1 heterocycles. The summed E-state index contributed by atoms with van der Waals surface area (Å²) in [6, 6.07) is 15.7. The van der Waals surface area contributed by atoms with Crippen LogP contribution in [0.1, 0.15) is 22.9 Å². The van der Waals surface area contributed by atoms with E-state index in [9.17, 15) is 0 Å². The van der Waals surface area contributed by atoms with E-state index in [4.69, 9.17) is 15.1 Å². The molecule has 3 rings (SSSR count). The number of benzene rings is 2. The summed E-state index contributed by atoms with van der Waals surface area (Å²) in [6.45, 7) is 8.69. The van der Waals surface area contributed by atoms with Crippen LogP contribution in [0.5, 0.6) is 5.75 Å². The first-order valence-corrected chi connectivity index (χ1v) is 9.65. The molecule has 0 aliphatic heterocycles. The van der Waals surface area contributed by atoms with Gasteiger partial charge >= 0.3 is 0 Å². The van der Waals surface area contributed by atoms with E-state index in [1.807, 2.05) is 76.2 Å². The van der Waals surface area contributed by atoms with Gasteiger partial charge in [-0.15, -0.1) is 0 Å². The fourth-order valence-corrected chi connectivity index (χ4v) is 3.55. The second-order valence-electron chi connectivity index (χ2n) is 6.28. The van der Waals surface area contributed by atoms with E-state index >= 15 is 0 Å². The predicted molar refractivity (Wildman–Crippen MR) is 113 cm³/mol. The highest BCUT2D eigenvalue weighted by Crippen LogP contribution is 2.24. The lowest BCUT2D eigenvalue weighted by atomic mass is 10.1. The first kappa shape index (κ1) is 18.9. The number of ether oxygens (including phenoxy) is 1. The minimum atomic E-state index is 0.404. The number of anilines is 1. The van der Waals surface area contributed by atoms with Gasteiger partial charge in [0.15, 0.2) is 0 Å². The van der Waals surface area contributed by atoms with Crippen molar-refractivity contribution < 1.29 is 4.74 Å². The molecule has 0 fully saturated rings. The summed E-state index contributed by atoms with van der Waals surface area (Å²) in [5, 5.41) is 11.7. The molecule has 0 aliphatic rings. The third-order valence-corrected chi connectivity index (χ3v) is 5.02.